The van der Waals surface area contributed by atoms with Gasteiger partial charge in [0.1, 0.15) is 6.10 Å². The first-order valence-electron chi connectivity index (χ1n) is 8.56. The quantitative estimate of drug-likeness (QED) is 0.657. The summed E-state index contributed by atoms with van der Waals surface area (Å²) in [5.74, 6) is 0.785. The van der Waals surface area contributed by atoms with Crippen molar-refractivity contribution in [1.82, 2.24) is 0 Å². The smallest absolute Gasteiger partial charge is 0.438 e. The van der Waals surface area contributed by atoms with Crippen molar-refractivity contribution in [2.75, 3.05) is 7.11 Å². The molecule has 0 radical (unpaired) electrons. The normalized spacial score (nSPS) is 17.0. The highest BCUT2D eigenvalue weighted by molar-refractivity contribution is 5.60. The summed E-state index contributed by atoms with van der Waals surface area (Å²) in [6.07, 6.45) is 8.94. The van der Waals surface area contributed by atoms with Gasteiger partial charge in [0.05, 0.1) is 7.11 Å². The molecule has 1 aromatic rings. The molecule has 0 bridgehead atoms. The van der Waals surface area contributed by atoms with Gasteiger partial charge in [0.15, 0.2) is 0 Å². The molecule has 1 saturated carbocycles. The monoisotopic (exact) mass is 304 g/mol. The first kappa shape index (κ1) is 16.9. The van der Waals surface area contributed by atoms with E-state index in [1.54, 1.807) is 0 Å². The molecule has 3 heteroatoms. The Balaban J connectivity index is 1.98. The summed E-state index contributed by atoms with van der Waals surface area (Å²) in [5, 5.41) is 0. The number of hydrogen-bond donors (Lipinski definition) is 0. The molecule has 122 valence electrons. The fourth-order valence-electron chi connectivity index (χ4n) is 3.29. The molecule has 1 atom stereocenters. The molecule has 0 spiro atoms. The lowest BCUT2D eigenvalue weighted by molar-refractivity contribution is 0.0300. The first-order chi connectivity index (χ1) is 10.7. The van der Waals surface area contributed by atoms with Gasteiger partial charge in [0.2, 0.25) is 0 Å². The van der Waals surface area contributed by atoms with Crippen molar-refractivity contribution in [3.8, 4) is 0 Å². The topological polar surface area (TPSA) is 35.5 Å². The second-order valence-electron chi connectivity index (χ2n) is 6.24. The van der Waals surface area contributed by atoms with Crippen LogP contribution in [-0.2, 0) is 15.9 Å². The summed E-state index contributed by atoms with van der Waals surface area (Å²) in [5.41, 5.74) is 2.37. The molecule has 0 aromatic heterocycles. The number of methoxy groups -OCH3 is 1. The molecular formula is C19H28O3. The lowest BCUT2D eigenvalue weighted by atomic mass is 9.85. The zero-order valence-electron chi connectivity index (χ0n) is 13.8. The van der Waals surface area contributed by atoms with E-state index in [-0.39, 0.29) is 6.10 Å². The molecule has 0 N–H and O–H groups in total. The Morgan fingerprint density at radius 2 is 1.86 bits per heavy atom. The van der Waals surface area contributed by atoms with Gasteiger partial charge in [0.25, 0.3) is 0 Å². The van der Waals surface area contributed by atoms with E-state index < -0.39 is 6.16 Å². The minimum Gasteiger partial charge on any atom is -0.438 e. The van der Waals surface area contributed by atoms with E-state index >= 15 is 0 Å². The first-order valence-corrected chi connectivity index (χ1v) is 8.56. The molecule has 1 aliphatic rings. The molecule has 1 aliphatic carbocycles. The second kappa shape index (κ2) is 8.82. The third-order valence-corrected chi connectivity index (χ3v) is 4.73. The van der Waals surface area contributed by atoms with Crippen LogP contribution in [0.4, 0.5) is 4.79 Å². The number of rotatable bonds is 6. The molecule has 1 unspecified atom stereocenters. The predicted molar refractivity (Wildman–Crippen MR) is 87.9 cm³/mol. The highest BCUT2D eigenvalue weighted by atomic mass is 16.7. The summed E-state index contributed by atoms with van der Waals surface area (Å²) >= 11 is 0. The van der Waals surface area contributed by atoms with Gasteiger partial charge in [-0.1, -0.05) is 63.3 Å². The number of carbonyl (C=O) groups is 1. The fraction of sp³-hybridized carbons (Fsp3) is 0.632. The lowest BCUT2D eigenvalue weighted by Gasteiger charge is -2.24. The molecule has 3 nitrogen and oxygen atoms in total. The van der Waals surface area contributed by atoms with Gasteiger partial charge in [-0.25, -0.2) is 4.79 Å². The van der Waals surface area contributed by atoms with Crippen LogP contribution in [0.15, 0.2) is 24.3 Å². The predicted octanol–water partition coefficient (Wildman–Crippen LogP) is 5.43. The third kappa shape index (κ3) is 5.04. The van der Waals surface area contributed by atoms with Crippen LogP contribution in [0, 0.1) is 5.92 Å². The van der Waals surface area contributed by atoms with E-state index in [0.29, 0.717) is 0 Å². The van der Waals surface area contributed by atoms with Crippen LogP contribution in [0.25, 0.3) is 0 Å². The molecule has 0 heterocycles. The van der Waals surface area contributed by atoms with E-state index in [1.807, 2.05) is 0 Å². The van der Waals surface area contributed by atoms with Gasteiger partial charge in [-0.2, -0.15) is 0 Å². The van der Waals surface area contributed by atoms with Crippen molar-refractivity contribution in [2.24, 2.45) is 5.92 Å². The molecule has 0 amide bonds. The van der Waals surface area contributed by atoms with E-state index in [1.165, 1.54) is 44.8 Å². The fourth-order valence-corrected chi connectivity index (χ4v) is 3.29. The number of ether oxygens (including phenoxy) is 2. The zero-order chi connectivity index (χ0) is 15.8. The van der Waals surface area contributed by atoms with E-state index in [0.717, 1.165) is 30.7 Å². The van der Waals surface area contributed by atoms with Gasteiger partial charge in [-0.3, -0.25) is 0 Å². The van der Waals surface area contributed by atoms with Gasteiger partial charge in [-0.15, -0.1) is 0 Å². The number of hydrogen-bond acceptors (Lipinski definition) is 3. The van der Waals surface area contributed by atoms with E-state index in [9.17, 15) is 4.79 Å². The van der Waals surface area contributed by atoms with Crippen LogP contribution >= 0.6 is 0 Å². The van der Waals surface area contributed by atoms with E-state index in [2.05, 4.69) is 35.9 Å². The van der Waals surface area contributed by atoms with Crippen LogP contribution in [0.2, 0.25) is 0 Å². The Morgan fingerprint density at radius 3 is 2.45 bits per heavy atom. The maximum absolute atomic E-state index is 11.5. The average Bonchev–Trinajstić information content (AvgIpc) is 2.59. The Morgan fingerprint density at radius 1 is 1.18 bits per heavy atom. The van der Waals surface area contributed by atoms with Crippen molar-refractivity contribution in [2.45, 2.75) is 64.4 Å². The van der Waals surface area contributed by atoms with Gasteiger partial charge in [0, 0.05) is 0 Å². The molecule has 0 aliphatic heterocycles. The van der Waals surface area contributed by atoms with Gasteiger partial charge >= 0.3 is 6.16 Å². The largest absolute Gasteiger partial charge is 0.508 e. The van der Waals surface area contributed by atoms with Crippen LogP contribution in [0.3, 0.4) is 0 Å². The number of carbonyl (C=O) groups excluding carboxylic acids is 1. The third-order valence-electron chi connectivity index (χ3n) is 4.73. The standard InChI is InChI=1S/C19H28O3/c1-3-15-9-12-17(13-10-15)18(22-19(20)21-2)14-11-16-7-5-4-6-8-16/h9-10,12-13,16,18H,3-8,11,14H2,1-2H3. The minimum absolute atomic E-state index is 0.194. The highest BCUT2D eigenvalue weighted by Gasteiger charge is 2.20. The molecule has 2 rings (SSSR count). The lowest BCUT2D eigenvalue weighted by Crippen LogP contribution is -2.14. The Hall–Kier alpha value is -1.51. The summed E-state index contributed by atoms with van der Waals surface area (Å²) < 4.78 is 10.2. The van der Waals surface area contributed by atoms with Crippen molar-refractivity contribution >= 4 is 6.16 Å². The summed E-state index contributed by atoms with van der Waals surface area (Å²) in [6, 6.07) is 8.38. The maximum Gasteiger partial charge on any atom is 0.508 e. The SMILES string of the molecule is CCc1ccc(C(CCC2CCCCC2)OC(=O)OC)cc1. The van der Waals surface area contributed by atoms with Crippen molar-refractivity contribution in [3.63, 3.8) is 0 Å². The van der Waals surface area contributed by atoms with Crippen LogP contribution in [-0.4, -0.2) is 13.3 Å². The summed E-state index contributed by atoms with van der Waals surface area (Å²) in [4.78, 5) is 11.5. The van der Waals surface area contributed by atoms with Crippen molar-refractivity contribution in [3.05, 3.63) is 35.4 Å². The molecule has 22 heavy (non-hydrogen) atoms. The molecule has 1 fully saturated rings. The number of benzene rings is 1. The van der Waals surface area contributed by atoms with E-state index in [4.69, 9.17) is 4.74 Å². The maximum atomic E-state index is 11.5. The molecular weight excluding hydrogens is 276 g/mol. The molecule has 0 saturated heterocycles. The summed E-state index contributed by atoms with van der Waals surface area (Å²) in [7, 11) is 1.36. The van der Waals surface area contributed by atoms with Crippen LogP contribution in [0.1, 0.15) is 69.1 Å². The minimum atomic E-state index is -0.590. The summed E-state index contributed by atoms with van der Waals surface area (Å²) in [6.45, 7) is 2.14. The van der Waals surface area contributed by atoms with Crippen molar-refractivity contribution < 1.29 is 14.3 Å². The molecule has 1 aromatic carbocycles. The number of aryl methyl sites for hydroxylation is 1. The van der Waals surface area contributed by atoms with Crippen LogP contribution < -0.4 is 0 Å². The average molecular weight is 304 g/mol. The van der Waals surface area contributed by atoms with Gasteiger partial charge in [-0.05, 0) is 36.3 Å². The Bertz CT molecular complexity index is 446. The second-order valence-corrected chi connectivity index (χ2v) is 6.24. The van der Waals surface area contributed by atoms with Crippen molar-refractivity contribution in [1.29, 1.82) is 0 Å². The zero-order valence-corrected chi connectivity index (χ0v) is 13.8. The van der Waals surface area contributed by atoms with Crippen LogP contribution in [0.5, 0.6) is 0 Å². The Kier molecular flexibility index (Phi) is 6.75. The van der Waals surface area contributed by atoms with Gasteiger partial charge < -0.3 is 9.47 Å². The highest BCUT2D eigenvalue weighted by Crippen LogP contribution is 2.32. The Labute approximate surface area is 134 Å².